The Morgan fingerprint density at radius 1 is 1.08 bits per heavy atom. The number of hydrogen-bond donors (Lipinski definition) is 4. The topological polar surface area (TPSA) is 114 Å². The lowest BCUT2D eigenvalue weighted by atomic mass is 9.60. The van der Waals surface area contributed by atoms with E-state index in [1.807, 2.05) is 53.7 Å². The number of carboxylic acids is 1. The highest BCUT2D eigenvalue weighted by Crippen LogP contribution is 2.48. The monoisotopic (exact) mass is 558 g/mol. The quantitative estimate of drug-likeness (QED) is 0.224. The normalized spacial score (nSPS) is 30.2. The average molecular weight is 559 g/mol. The van der Waals surface area contributed by atoms with Crippen molar-refractivity contribution in [2.75, 3.05) is 27.7 Å². The lowest BCUT2D eigenvalue weighted by Gasteiger charge is -2.52. The number of carbonyl (C=O) groups is 1. The number of aliphatic hydroxyl groups is 3. The molecule has 0 aromatic rings. The number of ether oxygens (including phenoxy) is 1. The first kappa shape index (κ1) is 36.3. The molecule has 0 saturated carbocycles. The summed E-state index contributed by atoms with van der Waals surface area (Å²) >= 11 is 0. The van der Waals surface area contributed by atoms with Crippen molar-refractivity contribution in [1.29, 1.82) is 0 Å². The number of likely N-dealkylation sites (N-methyl/N-ethyl adjacent to an activating group) is 2. The maximum Gasteiger partial charge on any atom is 0.306 e. The Hall–Kier alpha value is -0.770. The fourth-order valence-corrected chi connectivity index (χ4v) is 7.07. The van der Waals surface area contributed by atoms with Gasteiger partial charge in [-0.2, -0.15) is 0 Å². The van der Waals surface area contributed by atoms with E-state index in [4.69, 9.17) is 4.74 Å². The molecular weight excluding hydrogens is 496 g/mol. The van der Waals surface area contributed by atoms with Crippen LogP contribution in [0.5, 0.6) is 0 Å². The minimum atomic E-state index is -1.00. The summed E-state index contributed by atoms with van der Waals surface area (Å²) in [4.78, 5) is 16.5. The number of rotatable bonds is 16. The van der Waals surface area contributed by atoms with Crippen LogP contribution >= 0.6 is 0 Å². The van der Waals surface area contributed by atoms with E-state index < -0.39 is 41.2 Å². The molecule has 0 amide bonds. The minimum Gasteiger partial charge on any atom is -0.481 e. The average Bonchev–Trinajstić information content (AvgIpc) is 2.82. The predicted octanol–water partition coefficient (Wildman–Crippen LogP) is 4.10. The van der Waals surface area contributed by atoms with Crippen LogP contribution in [0.4, 0.5) is 0 Å². The molecule has 1 fully saturated rings. The van der Waals surface area contributed by atoms with Crippen LogP contribution in [-0.4, -0.2) is 106 Å². The van der Waals surface area contributed by atoms with Gasteiger partial charge in [0.15, 0.2) is 0 Å². The van der Waals surface area contributed by atoms with Crippen molar-refractivity contribution >= 4 is 5.97 Å². The molecule has 0 spiro atoms. The van der Waals surface area contributed by atoms with Gasteiger partial charge in [-0.25, -0.2) is 0 Å². The molecule has 4 N–H and O–H groups in total. The summed E-state index contributed by atoms with van der Waals surface area (Å²) in [5.41, 5.74) is -1.76. The third-order valence-electron chi connectivity index (χ3n) is 10.1. The van der Waals surface area contributed by atoms with Crippen molar-refractivity contribution in [2.45, 2.75) is 137 Å². The Morgan fingerprint density at radius 3 is 2.13 bits per heavy atom. The van der Waals surface area contributed by atoms with Crippen molar-refractivity contribution in [1.82, 2.24) is 9.80 Å². The van der Waals surface area contributed by atoms with Gasteiger partial charge in [0, 0.05) is 24.0 Å². The zero-order chi connectivity index (χ0) is 30.5. The number of aliphatic carboxylic acids is 1. The van der Waals surface area contributed by atoms with E-state index in [0.717, 1.165) is 19.4 Å². The van der Waals surface area contributed by atoms with Gasteiger partial charge in [-0.1, -0.05) is 48.0 Å². The van der Waals surface area contributed by atoms with Gasteiger partial charge < -0.3 is 35.0 Å². The summed E-state index contributed by atoms with van der Waals surface area (Å²) in [6, 6.07) is -0.122. The third kappa shape index (κ3) is 9.37. The molecule has 0 aromatic carbocycles. The van der Waals surface area contributed by atoms with E-state index in [2.05, 4.69) is 32.6 Å². The lowest BCUT2D eigenvalue weighted by molar-refractivity contribution is -0.203. The molecule has 1 rings (SSSR count). The van der Waals surface area contributed by atoms with Gasteiger partial charge in [-0.15, -0.1) is 0 Å². The highest BCUT2D eigenvalue weighted by atomic mass is 16.5. The second-order valence-electron chi connectivity index (χ2n) is 13.9. The zero-order valence-electron chi connectivity index (χ0n) is 27.0. The summed E-state index contributed by atoms with van der Waals surface area (Å²) in [6.07, 6.45) is 1.72. The highest BCUT2D eigenvalue weighted by molar-refractivity contribution is 5.70. The molecular formula is C31H62N2O6. The first-order valence-electron chi connectivity index (χ1n) is 15.1. The molecule has 1 aliphatic rings. The fourth-order valence-electron chi connectivity index (χ4n) is 7.07. The van der Waals surface area contributed by atoms with Gasteiger partial charge in [0.05, 0.1) is 35.9 Å². The Bertz CT molecular complexity index is 749. The first-order valence-corrected chi connectivity index (χ1v) is 15.1. The molecule has 8 heteroatoms. The maximum absolute atomic E-state index is 12.3. The van der Waals surface area contributed by atoms with Gasteiger partial charge >= 0.3 is 5.97 Å². The molecule has 0 radical (unpaired) electrons. The largest absolute Gasteiger partial charge is 0.481 e. The van der Waals surface area contributed by atoms with E-state index >= 15 is 0 Å². The SMILES string of the molecule is CCC[C@H](C)[C@H](O)[C@@H](C)N(C)C[C@H](C)CC(C)(O)C[C@@H](C)[C@@](C)(C1CC(N(C)C)C(O)C(C)O1)[C@@H](C)C(=O)O. The standard InChI is InChI=1S/C31H62N2O6/c1-13-14-20(3)27(34)23(6)33(12)18-19(2)16-30(8,38)17-21(4)31(9,22(5)29(36)37)26-15-25(32(10)11)28(35)24(7)39-26/h19-28,34-35,38H,13-18H2,1-12H3,(H,36,37)/t19-,20+,21-,22+,23-,24?,25?,26?,27+,28?,30?,31-/m1/s1. The zero-order valence-corrected chi connectivity index (χ0v) is 27.0. The van der Waals surface area contributed by atoms with E-state index in [1.54, 1.807) is 6.92 Å². The van der Waals surface area contributed by atoms with Crippen molar-refractivity contribution in [3.05, 3.63) is 0 Å². The molecule has 0 aromatic heterocycles. The summed E-state index contributed by atoms with van der Waals surface area (Å²) in [5.74, 6) is -1.33. The van der Waals surface area contributed by atoms with Crippen molar-refractivity contribution in [3.63, 3.8) is 0 Å². The van der Waals surface area contributed by atoms with Crippen molar-refractivity contribution in [3.8, 4) is 0 Å². The number of carboxylic acid groups (broad SMARTS) is 1. The Labute approximate surface area is 239 Å². The van der Waals surface area contributed by atoms with Gasteiger partial charge in [0.2, 0.25) is 0 Å². The molecule has 8 nitrogen and oxygen atoms in total. The van der Waals surface area contributed by atoms with Gasteiger partial charge in [0.25, 0.3) is 0 Å². The number of hydrogen-bond acceptors (Lipinski definition) is 7. The summed E-state index contributed by atoms with van der Waals surface area (Å²) < 4.78 is 6.32. The summed E-state index contributed by atoms with van der Waals surface area (Å²) in [7, 11) is 5.89. The van der Waals surface area contributed by atoms with E-state index in [0.29, 0.717) is 19.3 Å². The predicted molar refractivity (Wildman–Crippen MR) is 158 cm³/mol. The molecule has 39 heavy (non-hydrogen) atoms. The third-order valence-corrected chi connectivity index (χ3v) is 10.1. The van der Waals surface area contributed by atoms with Crippen LogP contribution in [0.3, 0.4) is 0 Å². The molecule has 1 heterocycles. The molecule has 1 saturated heterocycles. The van der Waals surface area contributed by atoms with Crippen LogP contribution in [0.15, 0.2) is 0 Å². The molecule has 1 aliphatic heterocycles. The Kier molecular flexibility index (Phi) is 13.9. The van der Waals surface area contributed by atoms with Gasteiger partial charge in [-0.05, 0) is 85.4 Å². The van der Waals surface area contributed by atoms with Crippen LogP contribution in [0.1, 0.15) is 94.4 Å². The van der Waals surface area contributed by atoms with Crippen LogP contribution in [0.2, 0.25) is 0 Å². The van der Waals surface area contributed by atoms with Crippen molar-refractivity contribution < 1.29 is 30.0 Å². The molecule has 0 aliphatic carbocycles. The first-order chi connectivity index (χ1) is 17.8. The van der Waals surface area contributed by atoms with E-state index in [-0.39, 0.29) is 35.9 Å². The molecule has 0 bridgehead atoms. The lowest BCUT2D eigenvalue weighted by Crippen LogP contribution is -2.59. The molecule has 12 atom stereocenters. The van der Waals surface area contributed by atoms with E-state index in [1.165, 1.54) is 0 Å². The number of aliphatic hydroxyl groups excluding tert-OH is 2. The molecule has 232 valence electrons. The van der Waals surface area contributed by atoms with Crippen molar-refractivity contribution in [2.24, 2.45) is 29.1 Å². The van der Waals surface area contributed by atoms with Crippen LogP contribution in [0, 0.1) is 29.1 Å². The van der Waals surface area contributed by atoms with Crippen LogP contribution in [0.25, 0.3) is 0 Å². The molecule has 5 unspecified atom stereocenters. The van der Waals surface area contributed by atoms with Crippen LogP contribution < -0.4 is 0 Å². The van der Waals surface area contributed by atoms with Crippen LogP contribution in [-0.2, 0) is 9.53 Å². The van der Waals surface area contributed by atoms with Gasteiger partial charge in [0.1, 0.15) is 0 Å². The van der Waals surface area contributed by atoms with E-state index in [9.17, 15) is 25.2 Å². The second-order valence-corrected chi connectivity index (χ2v) is 13.9. The maximum atomic E-state index is 12.3. The minimum absolute atomic E-state index is 0.0167. The smallest absolute Gasteiger partial charge is 0.306 e. The summed E-state index contributed by atoms with van der Waals surface area (Å²) in [6.45, 7) is 18.6. The Morgan fingerprint density at radius 2 is 1.64 bits per heavy atom. The van der Waals surface area contributed by atoms with Gasteiger partial charge in [-0.3, -0.25) is 4.79 Å². The Balaban J connectivity index is 3.04. The second kappa shape index (κ2) is 14.9. The highest BCUT2D eigenvalue weighted by Gasteiger charge is 2.52. The fraction of sp³-hybridized carbons (Fsp3) is 0.968. The number of nitrogens with zero attached hydrogens (tertiary/aromatic N) is 2. The summed E-state index contributed by atoms with van der Waals surface area (Å²) in [5, 5.41) is 43.2.